The van der Waals surface area contributed by atoms with E-state index in [0.717, 1.165) is 12.8 Å². The fourth-order valence-electron chi connectivity index (χ4n) is 3.12. The molecule has 4 rings (SSSR count). The van der Waals surface area contributed by atoms with Gasteiger partial charge in [0.2, 0.25) is 5.89 Å². The molecular formula is C23H24F2N4O4. The number of carbonyl (C=O) groups is 1. The molecule has 10 heteroatoms. The minimum atomic E-state index is -2.99. The number of hydrogen-bond donors (Lipinski definition) is 2. The second kappa shape index (κ2) is 9.95. The third kappa shape index (κ3) is 5.83. The summed E-state index contributed by atoms with van der Waals surface area (Å²) in [4.78, 5) is 21.3. The minimum absolute atomic E-state index is 0.0456. The van der Waals surface area contributed by atoms with Crippen LogP contribution in [0.15, 0.2) is 47.0 Å². The van der Waals surface area contributed by atoms with Gasteiger partial charge in [-0.1, -0.05) is 6.07 Å². The van der Waals surface area contributed by atoms with Crippen molar-refractivity contribution in [3.05, 3.63) is 59.7 Å². The van der Waals surface area contributed by atoms with Crippen LogP contribution in [0.1, 0.15) is 47.7 Å². The summed E-state index contributed by atoms with van der Waals surface area (Å²) in [5, 5.41) is 2.75. The molecular weight excluding hydrogens is 434 g/mol. The zero-order valence-electron chi connectivity index (χ0n) is 18.0. The van der Waals surface area contributed by atoms with Gasteiger partial charge in [0.25, 0.3) is 5.91 Å². The van der Waals surface area contributed by atoms with E-state index in [-0.39, 0.29) is 35.4 Å². The van der Waals surface area contributed by atoms with Crippen LogP contribution >= 0.6 is 0 Å². The van der Waals surface area contributed by atoms with Crippen molar-refractivity contribution in [1.82, 2.24) is 15.3 Å². The number of pyridine rings is 1. The summed E-state index contributed by atoms with van der Waals surface area (Å²) >= 11 is 0. The molecule has 0 spiro atoms. The van der Waals surface area contributed by atoms with Crippen LogP contribution in [0.3, 0.4) is 0 Å². The molecule has 1 aromatic carbocycles. The fraction of sp³-hybridized carbons (Fsp3) is 0.348. The summed E-state index contributed by atoms with van der Waals surface area (Å²) in [5.41, 5.74) is 7.16. The second-order valence-corrected chi connectivity index (χ2v) is 7.82. The number of hydrogen-bond acceptors (Lipinski definition) is 7. The first-order valence-electron chi connectivity index (χ1n) is 10.6. The Morgan fingerprint density at radius 1 is 1.27 bits per heavy atom. The third-order valence-electron chi connectivity index (χ3n) is 5.02. The number of carbonyl (C=O) groups excluding carboxylic acids is 1. The zero-order valence-corrected chi connectivity index (χ0v) is 18.0. The number of nitrogens with two attached hydrogens (primary N) is 1. The van der Waals surface area contributed by atoms with Gasteiger partial charge < -0.3 is 24.9 Å². The smallest absolute Gasteiger partial charge is 0.387 e. The Kier molecular flexibility index (Phi) is 6.83. The third-order valence-corrected chi connectivity index (χ3v) is 5.02. The quantitative estimate of drug-likeness (QED) is 0.471. The van der Waals surface area contributed by atoms with E-state index in [2.05, 4.69) is 20.0 Å². The standard InChI is InChI=1S/C23H24F2N4O4/c1-13(26)20-19(21(30)28-11-16-4-2-3-9-27-16)29-22(33-20)15-7-8-17(32-23(24)25)18(10-15)31-12-14-5-6-14/h2-4,7-10,13-14,23H,5-6,11-12,26H2,1H3,(H,28,30)/t13-/m0/s1. The van der Waals surface area contributed by atoms with Gasteiger partial charge in [-0.15, -0.1) is 0 Å². The first kappa shape index (κ1) is 22.7. The molecule has 1 atom stereocenters. The molecule has 0 saturated heterocycles. The van der Waals surface area contributed by atoms with E-state index in [9.17, 15) is 13.6 Å². The number of rotatable bonds is 10. The number of alkyl halides is 2. The Bertz CT molecular complexity index is 1100. The number of benzene rings is 1. The maximum atomic E-state index is 12.8. The van der Waals surface area contributed by atoms with Crippen LogP contribution in [-0.2, 0) is 6.54 Å². The first-order chi connectivity index (χ1) is 15.9. The molecule has 0 bridgehead atoms. The van der Waals surface area contributed by atoms with E-state index >= 15 is 0 Å². The molecule has 2 heterocycles. The van der Waals surface area contributed by atoms with Gasteiger partial charge in [0.1, 0.15) is 0 Å². The maximum absolute atomic E-state index is 12.8. The highest BCUT2D eigenvalue weighted by Gasteiger charge is 2.26. The average Bonchev–Trinajstić information content (AvgIpc) is 3.52. The minimum Gasteiger partial charge on any atom is -0.489 e. The van der Waals surface area contributed by atoms with Crippen LogP contribution in [0.5, 0.6) is 11.5 Å². The van der Waals surface area contributed by atoms with Gasteiger partial charge in [0.15, 0.2) is 23.0 Å². The fourth-order valence-corrected chi connectivity index (χ4v) is 3.12. The first-order valence-corrected chi connectivity index (χ1v) is 10.6. The summed E-state index contributed by atoms with van der Waals surface area (Å²) in [6.45, 7) is -0.705. The Morgan fingerprint density at radius 3 is 2.76 bits per heavy atom. The zero-order chi connectivity index (χ0) is 23.4. The molecule has 3 N–H and O–H groups in total. The largest absolute Gasteiger partial charge is 0.489 e. The van der Waals surface area contributed by atoms with Gasteiger partial charge in [-0.3, -0.25) is 9.78 Å². The van der Waals surface area contributed by atoms with E-state index in [1.54, 1.807) is 25.3 Å². The Balaban J connectivity index is 1.58. The molecule has 1 aliphatic carbocycles. The van der Waals surface area contributed by atoms with Gasteiger partial charge in [0.05, 0.1) is 24.9 Å². The highest BCUT2D eigenvalue weighted by Crippen LogP contribution is 2.37. The lowest BCUT2D eigenvalue weighted by Crippen LogP contribution is -2.25. The van der Waals surface area contributed by atoms with E-state index in [1.807, 2.05) is 6.07 Å². The monoisotopic (exact) mass is 458 g/mol. The van der Waals surface area contributed by atoms with Crippen LogP contribution < -0.4 is 20.5 Å². The Morgan fingerprint density at radius 2 is 2.09 bits per heavy atom. The molecule has 1 fully saturated rings. The van der Waals surface area contributed by atoms with E-state index in [4.69, 9.17) is 14.9 Å². The summed E-state index contributed by atoms with van der Waals surface area (Å²) in [6, 6.07) is 9.16. The summed E-state index contributed by atoms with van der Waals surface area (Å²) in [6.07, 6.45) is 3.71. The highest BCUT2D eigenvalue weighted by molar-refractivity contribution is 5.93. The number of amides is 1. The second-order valence-electron chi connectivity index (χ2n) is 7.82. The lowest BCUT2D eigenvalue weighted by Gasteiger charge is -2.12. The van der Waals surface area contributed by atoms with E-state index in [0.29, 0.717) is 23.8 Å². The van der Waals surface area contributed by atoms with Crippen molar-refractivity contribution in [2.24, 2.45) is 11.7 Å². The van der Waals surface area contributed by atoms with Gasteiger partial charge in [-0.05, 0) is 56.0 Å². The Hall–Kier alpha value is -3.53. The van der Waals surface area contributed by atoms with Gasteiger partial charge >= 0.3 is 6.61 Å². The molecule has 0 aliphatic heterocycles. The SMILES string of the molecule is C[C@H](N)c1oc(-c2ccc(OC(F)F)c(OCC3CC3)c2)nc1C(=O)NCc1ccccn1. The molecule has 1 aliphatic rings. The number of nitrogens with zero attached hydrogens (tertiary/aromatic N) is 2. The lowest BCUT2D eigenvalue weighted by molar-refractivity contribution is -0.0515. The maximum Gasteiger partial charge on any atom is 0.387 e. The lowest BCUT2D eigenvalue weighted by atomic mass is 10.2. The average molecular weight is 458 g/mol. The Labute approximate surface area is 189 Å². The summed E-state index contributed by atoms with van der Waals surface area (Å²) in [5.74, 6) is 0.338. The van der Waals surface area contributed by atoms with Crippen molar-refractivity contribution in [1.29, 1.82) is 0 Å². The number of aromatic nitrogens is 2. The normalized spacial score (nSPS) is 14.2. The molecule has 1 amide bonds. The molecule has 3 aromatic rings. The van der Waals surface area contributed by atoms with Crippen LogP contribution in [0.25, 0.3) is 11.5 Å². The van der Waals surface area contributed by atoms with E-state index in [1.165, 1.54) is 18.2 Å². The van der Waals surface area contributed by atoms with Crippen LogP contribution in [0.4, 0.5) is 8.78 Å². The predicted octanol–water partition coefficient (Wildman–Crippen LogP) is 4.08. The number of oxazole rings is 1. The molecule has 0 radical (unpaired) electrons. The molecule has 8 nitrogen and oxygen atoms in total. The van der Waals surface area contributed by atoms with Gasteiger partial charge in [-0.25, -0.2) is 4.98 Å². The van der Waals surface area contributed by atoms with Crippen molar-refractivity contribution in [2.45, 2.75) is 39.0 Å². The van der Waals surface area contributed by atoms with Gasteiger partial charge in [-0.2, -0.15) is 8.78 Å². The summed E-state index contributed by atoms with van der Waals surface area (Å²) < 4.78 is 41.7. The molecule has 0 unspecified atom stereocenters. The number of ether oxygens (including phenoxy) is 2. The van der Waals surface area contributed by atoms with Crippen molar-refractivity contribution < 1.29 is 27.5 Å². The molecule has 174 valence electrons. The van der Waals surface area contributed by atoms with Crippen LogP contribution in [-0.4, -0.2) is 29.1 Å². The van der Waals surface area contributed by atoms with Crippen molar-refractivity contribution in [3.63, 3.8) is 0 Å². The van der Waals surface area contributed by atoms with Crippen molar-refractivity contribution >= 4 is 5.91 Å². The van der Waals surface area contributed by atoms with Crippen LogP contribution in [0, 0.1) is 5.92 Å². The number of nitrogens with one attached hydrogen (secondary N) is 1. The molecule has 2 aromatic heterocycles. The topological polar surface area (TPSA) is 113 Å². The molecule has 33 heavy (non-hydrogen) atoms. The van der Waals surface area contributed by atoms with Gasteiger partial charge in [0, 0.05) is 11.8 Å². The number of halogens is 2. The van der Waals surface area contributed by atoms with E-state index < -0.39 is 18.6 Å². The predicted molar refractivity (Wildman–Crippen MR) is 115 cm³/mol. The van der Waals surface area contributed by atoms with Crippen molar-refractivity contribution in [3.8, 4) is 23.0 Å². The molecule has 1 saturated carbocycles. The van der Waals surface area contributed by atoms with Crippen molar-refractivity contribution in [2.75, 3.05) is 6.61 Å². The highest BCUT2D eigenvalue weighted by atomic mass is 19.3. The summed E-state index contributed by atoms with van der Waals surface area (Å²) in [7, 11) is 0. The van der Waals surface area contributed by atoms with Crippen LogP contribution in [0.2, 0.25) is 0 Å².